The zero-order chi connectivity index (χ0) is 27.2. The summed E-state index contributed by atoms with van der Waals surface area (Å²) in [6, 6.07) is 1.43. The number of aliphatic hydroxyl groups excluding tert-OH is 2. The third-order valence-electron chi connectivity index (χ3n) is 7.34. The summed E-state index contributed by atoms with van der Waals surface area (Å²) in [5, 5.41) is 47.2. The number of primary amides is 1. The Kier molecular flexibility index (Phi) is 7.06. The van der Waals surface area contributed by atoms with Crippen LogP contribution in [-0.4, -0.2) is 69.9 Å². The lowest BCUT2D eigenvalue weighted by atomic mass is 9.59. The topological polar surface area (TPSA) is 189 Å². The summed E-state index contributed by atoms with van der Waals surface area (Å²) in [7, 11) is 1.47. The first-order chi connectivity index (χ1) is 17.4. The van der Waals surface area contributed by atoms with Gasteiger partial charge in [-0.25, -0.2) is 0 Å². The molecule has 1 amide bonds. The number of phenols is 1. The molecule has 3 aliphatic carbocycles. The first-order valence-electron chi connectivity index (χ1n) is 12.1. The van der Waals surface area contributed by atoms with Crippen LogP contribution in [-0.2, 0) is 32.1 Å². The number of carbonyl (C=O) groups is 3. The molecule has 11 nitrogen and oxygen atoms in total. The molecule has 0 heterocycles. The van der Waals surface area contributed by atoms with Crippen molar-refractivity contribution in [2.24, 2.45) is 17.6 Å². The standard InChI is InChI=1S/C26H32N2O9/c1-11(2)37-5-4-28-10-13-8-16(29)19-15(22(13)36-3)7-12-6-14-9-17(30)20(25(27)34)24(33)26(14,35)23(32)18(12)21(19)31/h8,11-12,14,28-29,31,33,35H,4-7,9-10H2,1-3H3,(H2,27,34)/t12?,14-,26-/m0/s1. The molecule has 11 heteroatoms. The lowest BCUT2D eigenvalue weighted by Gasteiger charge is -2.46. The maximum Gasteiger partial charge on any atom is 0.255 e. The quantitative estimate of drug-likeness (QED) is 0.214. The predicted octanol–water partition coefficient (Wildman–Crippen LogP) is 0.947. The van der Waals surface area contributed by atoms with Gasteiger partial charge in [-0.2, -0.15) is 0 Å². The maximum atomic E-state index is 13.5. The largest absolute Gasteiger partial charge is 0.508 e. The van der Waals surface area contributed by atoms with Gasteiger partial charge in [0.15, 0.2) is 11.4 Å². The molecular weight excluding hydrogens is 484 g/mol. The number of fused-ring (bicyclic) bond motifs is 3. The van der Waals surface area contributed by atoms with Crippen molar-refractivity contribution < 1.29 is 44.3 Å². The Bertz CT molecular complexity index is 1230. The van der Waals surface area contributed by atoms with Gasteiger partial charge in [0.2, 0.25) is 5.78 Å². The van der Waals surface area contributed by atoms with E-state index < -0.39 is 52.0 Å². The Morgan fingerprint density at radius 1 is 1.24 bits per heavy atom. The number of Topliss-reactive ketones (excluding diaryl/α,β-unsaturated/α-hetero) is 2. The minimum absolute atomic E-state index is 0.00382. The molecule has 1 unspecified atom stereocenters. The number of ether oxygens (including phenoxy) is 2. The van der Waals surface area contributed by atoms with Crippen LogP contribution in [0.3, 0.4) is 0 Å². The lowest BCUT2D eigenvalue weighted by Crippen LogP contribution is -2.58. The molecule has 3 atom stereocenters. The number of amides is 1. The van der Waals surface area contributed by atoms with E-state index in [1.165, 1.54) is 13.2 Å². The Morgan fingerprint density at radius 2 is 1.95 bits per heavy atom. The molecule has 0 saturated heterocycles. The molecule has 1 aromatic rings. The molecule has 0 aliphatic heterocycles. The van der Waals surface area contributed by atoms with E-state index >= 15 is 0 Å². The van der Waals surface area contributed by atoms with Crippen LogP contribution in [0.15, 0.2) is 23.0 Å². The number of hydrogen-bond acceptors (Lipinski definition) is 10. The van der Waals surface area contributed by atoms with E-state index in [9.17, 15) is 34.8 Å². The van der Waals surface area contributed by atoms with Crippen molar-refractivity contribution in [2.75, 3.05) is 20.3 Å². The molecule has 3 aliphatic rings. The van der Waals surface area contributed by atoms with Crippen LogP contribution < -0.4 is 15.8 Å². The van der Waals surface area contributed by atoms with Gasteiger partial charge in [0, 0.05) is 42.1 Å². The van der Waals surface area contributed by atoms with E-state index in [1.807, 2.05) is 13.8 Å². The Balaban J connectivity index is 1.74. The molecule has 1 saturated carbocycles. The van der Waals surface area contributed by atoms with Gasteiger partial charge in [-0.05, 0) is 38.7 Å². The van der Waals surface area contributed by atoms with E-state index in [4.69, 9.17) is 15.2 Å². The minimum Gasteiger partial charge on any atom is -0.508 e. The van der Waals surface area contributed by atoms with E-state index in [2.05, 4.69) is 5.32 Å². The smallest absolute Gasteiger partial charge is 0.255 e. The number of nitrogens with one attached hydrogen (secondary N) is 1. The number of benzene rings is 1. The zero-order valence-electron chi connectivity index (χ0n) is 21.0. The van der Waals surface area contributed by atoms with Crippen LogP contribution >= 0.6 is 0 Å². The van der Waals surface area contributed by atoms with Crippen LogP contribution in [0.4, 0.5) is 0 Å². The van der Waals surface area contributed by atoms with Crippen molar-refractivity contribution in [1.29, 1.82) is 0 Å². The number of carbonyl (C=O) groups excluding carboxylic acids is 3. The van der Waals surface area contributed by atoms with Gasteiger partial charge in [0.25, 0.3) is 5.91 Å². The highest BCUT2D eigenvalue weighted by molar-refractivity contribution is 6.22. The molecule has 0 aromatic heterocycles. The van der Waals surface area contributed by atoms with Gasteiger partial charge in [0.1, 0.15) is 28.6 Å². The third kappa shape index (κ3) is 4.26. The van der Waals surface area contributed by atoms with Crippen LogP contribution in [0, 0.1) is 11.8 Å². The van der Waals surface area contributed by atoms with Crippen molar-refractivity contribution in [3.8, 4) is 11.5 Å². The molecule has 4 rings (SSSR count). The molecule has 200 valence electrons. The molecule has 1 fully saturated rings. The van der Waals surface area contributed by atoms with Crippen molar-refractivity contribution >= 4 is 23.2 Å². The van der Waals surface area contributed by atoms with Gasteiger partial charge < -0.3 is 41.0 Å². The molecule has 0 radical (unpaired) electrons. The van der Waals surface area contributed by atoms with Gasteiger partial charge >= 0.3 is 0 Å². The number of nitrogens with two attached hydrogens (primary N) is 1. The number of aliphatic hydroxyl groups is 3. The van der Waals surface area contributed by atoms with Gasteiger partial charge in [-0.3, -0.25) is 14.4 Å². The second-order valence-electron chi connectivity index (χ2n) is 9.94. The fourth-order valence-electron chi connectivity index (χ4n) is 5.71. The van der Waals surface area contributed by atoms with Crippen molar-refractivity contribution in [3.05, 3.63) is 39.7 Å². The summed E-state index contributed by atoms with van der Waals surface area (Å²) < 4.78 is 11.2. The van der Waals surface area contributed by atoms with Crippen LogP contribution in [0.5, 0.6) is 11.5 Å². The van der Waals surface area contributed by atoms with E-state index in [1.54, 1.807) is 0 Å². The Hall–Kier alpha value is -3.41. The molecule has 37 heavy (non-hydrogen) atoms. The number of ketones is 2. The number of methoxy groups -OCH3 is 1. The van der Waals surface area contributed by atoms with Crippen LogP contribution in [0.25, 0.3) is 5.76 Å². The normalized spacial score (nSPS) is 25.2. The first kappa shape index (κ1) is 26.6. The summed E-state index contributed by atoms with van der Waals surface area (Å²) in [6.07, 6.45) is -0.0347. The van der Waals surface area contributed by atoms with Crippen molar-refractivity contribution in [2.45, 2.75) is 51.4 Å². The fourth-order valence-corrected chi connectivity index (χ4v) is 5.71. The second-order valence-corrected chi connectivity index (χ2v) is 9.94. The SMILES string of the molecule is COc1c(CNCCOC(C)C)cc(O)c2c1CC1C[C@H]3CC(=O)C(C(N)=O)=C(O)[C@@]3(O)C(=O)C1=C2O. The van der Waals surface area contributed by atoms with Crippen molar-refractivity contribution in [1.82, 2.24) is 5.32 Å². The second kappa shape index (κ2) is 9.81. The maximum absolute atomic E-state index is 13.5. The Morgan fingerprint density at radius 3 is 2.57 bits per heavy atom. The molecule has 0 spiro atoms. The average Bonchev–Trinajstić information content (AvgIpc) is 2.80. The number of hydrogen-bond donors (Lipinski definition) is 6. The highest BCUT2D eigenvalue weighted by Gasteiger charge is 2.60. The van der Waals surface area contributed by atoms with Gasteiger partial charge in [0.05, 0.1) is 25.4 Å². The monoisotopic (exact) mass is 516 g/mol. The summed E-state index contributed by atoms with van der Waals surface area (Å²) >= 11 is 0. The van der Waals surface area contributed by atoms with Crippen molar-refractivity contribution in [3.63, 3.8) is 0 Å². The Labute approximate surface area is 213 Å². The fraction of sp³-hybridized carbons (Fsp3) is 0.500. The average molecular weight is 517 g/mol. The summed E-state index contributed by atoms with van der Waals surface area (Å²) in [5.74, 6) is -6.19. The van der Waals surface area contributed by atoms with Crippen LogP contribution in [0.2, 0.25) is 0 Å². The van der Waals surface area contributed by atoms with E-state index in [-0.39, 0.29) is 42.3 Å². The predicted molar refractivity (Wildman–Crippen MR) is 131 cm³/mol. The summed E-state index contributed by atoms with van der Waals surface area (Å²) in [5.41, 5.74) is 2.73. The highest BCUT2D eigenvalue weighted by atomic mass is 16.5. The minimum atomic E-state index is -2.59. The molecule has 1 aromatic carbocycles. The summed E-state index contributed by atoms with van der Waals surface area (Å²) in [4.78, 5) is 37.8. The highest BCUT2D eigenvalue weighted by Crippen LogP contribution is 2.53. The number of rotatable bonds is 8. The summed E-state index contributed by atoms with van der Waals surface area (Å²) in [6.45, 7) is 5.28. The molecule has 7 N–H and O–H groups in total. The van der Waals surface area contributed by atoms with E-state index in [0.717, 1.165) is 0 Å². The number of aromatic hydroxyl groups is 1. The third-order valence-corrected chi connectivity index (χ3v) is 7.34. The first-order valence-corrected chi connectivity index (χ1v) is 12.1. The van der Waals surface area contributed by atoms with Gasteiger partial charge in [-0.15, -0.1) is 0 Å². The van der Waals surface area contributed by atoms with E-state index in [0.29, 0.717) is 36.6 Å². The zero-order valence-corrected chi connectivity index (χ0v) is 21.0. The number of phenolic OH excluding ortho intramolecular Hbond substituents is 1. The van der Waals surface area contributed by atoms with Crippen LogP contribution in [0.1, 0.15) is 43.4 Å². The molecular formula is C26H32N2O9. The lowest BCUT2D eigenvalue weighted by molar-refractivity contribution is -0.147. The molecule has 0 bridgehead atoms. The van der Waals surface area contributed by atoms with Gasteiger partial charge in [-0.1, -0.05) is 0 Å².